The summed E-state index contributed by atoms with van der Waals surface area (Å²) in [6.45, 7) is 3.11. The van der Waals surface area contributed by atoms with E-state index < -0.39 is 10.2 Å². The number of aliphatic imine (C=N–C) groups is 1. The average molecular weight is 405 g/mol. The van der Waals surface area contributed by atoms with Gasteiger partial charge in [-0.15, -0.1) is 0 Å². The molecule has 0 radical (unpaired) electrons. The van der Waals surface area contributed by atoms with E-state index >= 15 is 0 Å². The molecular formula is C19H21ClN4O2S. The number of rotatable bonds is 4. The molecule has 2 aromatic rings. The van der Waals surface area contributed by atoms with E-state index in [1.807, 2.05) is 6.92 Å². The van der Waals surface area contributed by atoms with Crippen LogP contribution in [-0.4, -0.2) is 36.5 Å². The second kappa shape index (κ2) is 7.22. The first-order valence-corrected chi connectivity index (χ1v) is 10.8. The number of fused-ring (bicyclic) bond motifs is 1. The molecule has 1 saturated heterocycles. The minimum atomic E-state index is -3.56. The minimum absolute atomic E-state index is 0.489. The van der Waals surface area contributed by atoms with E-state index in [1.165, 1.54) is 4.31 Å². The molecule has 8 heteroatoms. The molecule has 6 nitrogen and oxygen atoms in total. The Hall–Kier alpha value is -1.96. The third-order valence-electron chi connectivity index (χ3n) is 4.86. The van der Waals surface area contributed by atoms with Crippen molar-refractivity contribution in [2.24, 2.45) is 4.99 Å². The molecule has 1 aromatic carbocycles. The van der Waals surface area contributed by atoms with Gasteiger partial charge in [-0.3, -0.25) is 4.72 Å². The van der Waals surface area contributed by atoms with Crippen molar-refractivity contribution < 1.29 is 8.42 Å². The quantitative estimate of drug-likeness (QED) is 0.840. The number of nitrogens with one attached hydrogen (secondary N) is 1. The predicted molar refractivity (Wildman–Crippen MR) is 108 cm³/mol. The Bertz CT molecular complexity index is 1010. The molecule has 1 N–H and O–H groups in total. The highest BCUT2D eigenvalue weighted by Crippen LogP contribution is 2.31. The van der Waals surface area contributed by atoms with Crippen molar-refractivity contribution in [3.05, 3.63) is 52.2 Å². The summed E-state index contributed by atoms with van der Waals surface area (Å²) in [4.78, 5) is 8.94. The van der Waals surface area contributed by atoms with Crippen molar-refractivity contribution in [2.75, 3.05) is 17.8 Å². The van der Waals surface area contributed by atoms with Crippen LogP contribution in [0.25, 0.3) is 0 Å². The first-order valence-electron chi connectivity index (χ1n) is 9.03. The standard InChI is InChI=1S/C19H21ClN4O2S/c1-13-9-14-10-18(22-19(14)21-12-13)16-11-15(5-6-17(16)20)23-27(25,26)24-7-3-2-4-8-24/h5-6,9,11-12,23H,2-4,7-8,10H2,1H3. The van der Waals surface area contributed by atoms with E-state index in [0.29, 0.717) is 36.0 Å². The second-order valence-corrected chi connectivity index (χ2v) is 9.07. The normalized spacial score (nSPS) is 17.5. The summed E-state index contributed by atoms with van der Waals surface area (Å²) in [6, 6.07) is 7.20. The van der Waals surface area contributed by atoms with Crippen molar-refractivity contribution in [3.63, 3.8) is 0 Å². The fourth-order valence-corrected chi connectivity index (χ4v) is 5.00. The minimum Gasteiger partial charge on any atom is -0.271 e. The molecule has 1 fully saturated rings. The number of piperidine rings is 1. The van der Waals surface area contributed by atoms with Crippen LogP contribution in [0.1, 0.15) is 36.0 Å². The summed E-state index contributed by atoms with van der Waals surface area (Å²) in [5, 5.41) is 0.541. The van der Waals surface area contributed by atoms with E-state index in [1.54, 1.807) is 24.4 Å². The molecule has 0 spiro atoms. The number of aromatic nitrogens is 1. The summed E-state index contributed by atoms with van der Waals surface area (Å²) in [7, 11) is -3.56. The number of hydrogen-bond acceptors (Lipinski definition) is 4. The molecule has 0 atom stereocenters. The zero-order valence-corrected chi connectivity index (χ0v) is 16.6. The highest BCUT2D eigenvalue weighted by Gasteiger charge is 2.25. The molecule has 3 heterocycles. The monoisotopic (exact) mass is 404 g/mol. The van der Waals surface area contributed by atoms with Gasteiger partial charge >= 0.3 is 10.2 Å². The van der Waals surface area contributed by atoms with Gasteiger partial charge in [0.15, 0.2) is 5.82 Å². The Morgan fingerprint density at radius 2 is 1.93 bits per heavy atom. The summed E-state index contributed by atoms with van der Waals surface area (Å²) in [5.74, 6) is 0.700. The number of nitrogens with zero attached hydrogens (tertiary/aromatic N) is 3. The fraction of sp³-hybridized carbons (Fsp3) is 0.368. The van der Waals surface area contributed by atoms with Crippen LogP contribution in [0.3, 0.4) is 0 Å². The Morgan fingerprint density at radius 1 is 1.15 bits per heavy atom. The molecule has 2 aliphatic rings. The van der Waals surface area contributed by atoms with Crippen molar-refractivity contribution >= 4 is 39.0 Å². The SMILES string of the molecule is Cc1cnc2c(c1)CC(c1cc(NS(=O)(=O)N3CCCCC3)ccc1Cl)=N2. The van der Waals surface area contributed by atoms with Crippen LogP contribution in [-0.2, 0) is 16.6 Å². The lowest BCUT2D eigenvalue weighted by atomic mass is 10.0. The molecule has 0 amide bonds. The lowest BCUT2D eigenvalue weighted by Crippen LogP contribution is -2.39. The third-order valence-corrected chi connectivity index (χ3v) is 6.73. The number of hydrogen-bond donors (Lipinski definition) is 1. The molecule has 2 aliphatic heterocycles. The molecule has 142 valence electrons. The maximum atomic E-state index is 12.6. The topological polar surface area (TPSA) is 74.7 Å². The highest BCUT2D eigenvalue weighted by atomic mass is 35.5. The van der Waals surface area contributed by atoms with Gasteiger partial charge in [0.25, 0.3) is 0 Å². The van der Waals surface area contributed by atoms with E-state index in [2.05, 4.69) is 20.8 Å². The number of halogens is 1. The van der Waals surface area contributed by atoms with Crippen LogP contribution in [0.4, 0.5) is 11.5 Å². The first-order chi connectivity index (χ1) is 12.9. The van der Waals surface area contributed by atoms with Crippen LogP contribution in [0.5, 0.6) is 0 Å². The van der Waals surface area contributed by atoms with Gasteiger partial charge in [-0.05, 0) is 43.5 Å². The largest absolute Gasteiger partial charge is 0.301 e. The Morgan fingerprint density at radius 3 is 2.70 bits per heavy atom. The summed E-state index contributed by atoms with van der Waals surface area (Å²) >= 11 is 6.38. The van der Waals surface area contributed by atoms with Crippen LogP contribution in [0.2, 0.25) is 5.02 Å². The van der Waals surface area contributed by atoms with Crippen LogP contribution < -0.4 is 4.72 Å². The van der Waals surface area contributed by atoms with E-state index in [-0.39, 0.29) is 0 Å². The van der Waals surface area contributed by atoms with Crippen LogP contribution >= 0.6 is 11.6 Å². The molecule has 4 rings (SSSR count). The lowest BCUT2D eigenvalue weighted by molar-refractivity contribution is 0.349. The maximum absolute atomic E-state index is 12.6. The number of pyridine rings is 1. The molecule has 0 saturated carbocycles. The summed E-state index contributed by atoms with van der Waals surface area (Å²) in [6.07, 6.45) is 5.29. The molecule has 0 bridgehead atoms. The zero-order chi connectivity index (χ0) is 19.0. The first kappa shape index (κ1) is 18.4. The Labute approximate surface area is 164 Å². The molecule has 0 aliphatic carbocycles. The van der Waals surface area contributed by atoms with Gasteiger partial charge in [0.1, 0.15) is 0 Å². The van der Waals surface area contributed by atoms with Crippen molar-refractivity contribution in [2.45, 2.75) is 32.6 Å². The molecule has 0 unspecified atom stereocenters. The second-order valence-electron chi connectivity index (χ2n) is 6.99. The van der Waals surface area contributed by atoms with Gasteiger partial charge in [0.2, 0.25) is 0 Å². The van der Waals surface area contributed by atoms with Gasteiger partial charge < -0.3 is 0 Å². The predicted octanol–water partition coefficient (Wildman–Crippen LogP) is 3.86. The van der Waals surface area contributed by atoms with Gasteiger partial charge in [0.05, 0.1) is 11.4 Å². The van der Waals surface area contributed by atoms with Crippen LogP contribution in [0.15, 0.2) is 35.5 Å². The van der Waals surface area contributed by atoms with Crippen LogP contribution in [0, 0.1) is 6.92 Å². The molecule has 27 heavy (non-hydrogen) atoms. The van der Waals surface area contributed by atoms with E-state index in [9.17, 15) is 8.42 Å². The van der Waals surface area contributed by atoms with E-state index in [0.717, 1.165) is 41.7 Å². The number of anilines is 1. The number of benzene rings is 1. The Kier molecular flexibility index (Phi) is 4.92. The van der Waals surface area contributed by atoms with Gasteiger partial charge in [0, 0.05) is 41.9 Å². The van der Waals surface area contributed by atoms with Gasteiger partial charge in [-0.25, -0.2) is 9.98 Å². The van der Waals surface area contributed by atoms with Crippen molar-refractivity contribution in [1.82, 2.24) is 9.29 Å². The van der Waals surface area contributed by atoms with Crippen molar-refractivity contribution in [1.29, 1.82) is 0 Å². The zero-order valence-electron chi connectivity index (χ0n) is 15.1. The lowest BCUT2D eigenvalue weighted by Gasteiger charge is -2.26. The maximum Gasteiger partial charge on any atom is 0.301 e. The Balaban J connectivity index is 1.59. The summed E-state index contributed by atoms with van der Waals surface area (Å²) < 4.78 is 29.4. The summed E-state index contributed by atoms with van der Waals surface area (Å²) in [5.41, 5.74) is 4.15. The number of aryl methyl sites for hydroxylation is 1. The van der Waals surface area contributed by atoms with Gasteiger partial charge in [-0.2, -0.15) is 12.7 Å². The molecule has 1 aromatic heterocycles. The fourth-order valence-electron chi connectivity index (χ4n) is 3.49. The van der Waals surface area contributed by atoms with E-state index in [4.69, 9.17) is 11.6 Å². The van der Waals surface area contributed by atoms with Gasteiger partial charge in [-0.1, -0.05) is 24.1 Å². The average Bonchev–Trinajstić information content (AvgIpc) is 3.06. The molecular weight excluding hydrogens is 384 g/mol. The highest BCUT2D eigenvalue weighted by molar-refractivity contribution is 7.90. The smallest absolute Gasteiger partial charge is 0.271 e. The van der Waals surface area contributed by atoms with Crippen molar-refractivity contribution in [3.8, 4) is 0 Å². The third kappa shape index (κ3) is 3.85.